The first-order chi connectivity index (χ1) is 65.8. The number of rotatable bonds is 25. The molecule has 5 aliphatic carbocycles. The van der Waals surface area contributed by atoms with E-state index >= 15 is 8.78 Å². The van der Waals surface area contributed by atoms with Crippen molar-refractivity contribution >= 4 is 124 Å². The first-order valence-corrected chi connectivity index (χ1v) is 42.3. The van der Waals surface area contributed by atoms with Crippen LogP contribution in [0.25, 0.3) is 54.5 Å². The number of carboxylic acid groups (broad SMARTS) is 1. The van der Waals surface area contributed by atoms with E-state index in [0.29, 0.717) is 55.4 Å². The van der Waals surface area contributed by atoms with E-state index in [1.54, 1.807) is 38.4 Å². The van der Waals surface area contributed by atoms with Crippen LogP contribution in [-0.4, -0.2) is 142 Å². The van der Waals surface area contributed by atoms with Crippen molar-refractivity contribution in [3.8, 4) is 47.0 Å². The Bertz CT molecular complexity index is 7010. The van der Waals surface area contributed by atoms with Gasteiger partial charge in [0.25, 0.3) is 5.91 Å². The summed E-state index contributed by atoms with van der Waals surface area (Å²) in [7, 11) is 7.33. The number of halogens is 8. The van der Waals surface area contributed by atoms with Crippen LogP contribution in [0.15, 0.2) is 128 Å². The molecule has 0 spiro atoms. The van der Waals surface area contributed by atoms with Gasteiger partial charge in [-0.25, -0.2) is 41.7 Å². The van der Waals surface area contributed by atoms with Gasteiger partial charge in [0.15, 0.2) is 57.8 Å². The number of nitriles is 3. The number of carbonyl (C=O) groups is 2. The van der Waals surface area contributed by atoms with Gasteiger partial charge in [-0.3, -0.25) is 28.8 Å². The van der Waals surface area contributed by atoms with Crippen molar-refractivity contribution in [1.82, 2.24) is 37.8 Å². The zero-order valence-electron chi connectivity index (χ0n) is 76.3. The molecular formula is C94H102F8N23NaO14. The second kappa shape index (κ2) is 46.9. The summed E-state index contributed by atoms with van der Waals surface area (Å²) < 4.78 is 148. The maximum Gasteiger partial charge on any atom is 1.00 e. The van der Waals surface area contributed by atoms with Crippen LogP contribution >= 0.6 is 0 Å². The molecule has 0 saturated heterocycles. The number of nitrogens with zero attached hydrogens (tertiary/aromatic N) is 11. The molecule has 1 amide bonds. The molecule has 0 bridgehead atoms. The number of nitrogens with two attached hydrogens (primary N) is 7. The van der Waals surface area contributed by atoms with Crippen LogP contribution in [0, 0.1) is 80.5 Å². The number of benzene rings is 5. The smallest absolute Gasteiger partial charge is 1.00 e. The molecule has 5 aromatic carbocycles. The summed E-state index contributed by atoms with van der Waals surface area (Å²) in [4.78, 5) is 97.5. The summed E-state index contributed by atoms with van der Waals surface area (Å²) in [5.74, 6) is -10.5. The number of nitrogens with one attached hydrogen (secondary N) is 5. The number of hydrogen-bond acceptors (Lipinski definition) is 30. The quantitative estimate of drug-likeness (QED) is 0.0110. The summed E-state index contributed by atoms with van der Waals surface area (Å²) in [5.41, 5.74) is 32.9. The van der Waals surface area contributed by atoms with Crippen molar-refractivity contribution in [2.75, 3.05) is 137 Å². The molecular weight excluding hydrogens is 1850 g/mol. The average molecular weight is 1950 g/mol. The summed E-state index contributed by atoms with van der Waals surface area (Å²) in [6, 6.07) is 22.4. The number of aliphatic hydroxyl groups is 1. The van der Waals surface area contributed by atoms with E-state index in [2.05, 4.69) is 41.5 Å². The van der Waals surface area contributed by atoms with Crippen LogP contribution in [0.3, 0.4) is 0 Å². The molecule has 0 atom stereocenters. The Labute approximate surface area is 816 Å². The first-order valence-electron chi connectivity index (χ1n) is 42.3. The number of carboxylic acids is 1. The molecule has 140 heavy (non-hydrogen) atoms. The van der Waals surface area contributed by atoms with Gasteiger partial charge >= 0.3 is 35.5 Å². The number of hydrogen-bond donors (Lipinski definition) is 14. The molecule has 8 heterocycles. The molecule has 0 unspecified atom stereocenters. The molecule has 0 radical (unpaired) electrons. The van der Waals surface area contributed by atoms with E-state index < -0.39 is 120 Å². The molecule has 734 valence electrons. The van der Waals surface area contributed by atoms with Crippen molar-refractivity contribution in [1.29, 1.82) is 15.8 Å². The molecule has 13 aromatic rings. The molecule has 37 nitrogen and oxygen atoms in total. The summed E-state index contributed by atoms with van der Waals surface area (Å²) in [6.45, 7) is 3.08. The van der Waals surface area contributed by atoms with E-state index in [4.69, 9.17) is 79.3 Å². The fraction of sp³-hybridized carbons (Fsp3) is 0.309. The van der Waals surface area contributed by atoms with Gasteiger partial charge in [0.1, 0.15) is 91.4 Å². The van der Waals surface area contributed by atoms with Gasteiger partial charge in [0, 0.05) is 126 Å². The van der Waals surface area contributed by atoms with Gasteiger partial charge < -0.3 is 125 Å². The van der Waals surface area contributed by atoms with Crippen molar-refractivity contribution in [3.63, 3.8) is 0 Å². The number of anilines is 10. The van der Waals surface area contributed by atoms with Gasteiger partial charge in [-0.05, 0) is 101 Å². The average Bonchev–Trinajstić information content (AvgIpc) is 1.71. The van der Waals surface area contributed by atoms with Crippen LogP contribution < -0.4 is 147 Å². The third-order valence-electron chi connectivity index (χ3n) is 22.3. The summed E-state index contributed by atoms with van der Waals surface area (Å²) in [5, 5.41) is 58.3. The largest absolute Gasteiger partial charge is 1.00 e. The summed E-state index contributed by atoms with van der Waals surface area (Å²) >= 11 is 0. The second-order valence-electron chi connectivity index (χ2n) is 31.2. The molecule has 5 saturated carbocycles. The van der Waals surface area contributed by atoms with Gasteiger partial charge in [-0.1, -0.05) is 33.1 Å². The van der Waals surface area contributed by atoms with Crippen LogP contribution in [0.5, 0.6) is 28.7 Å². The number of aromatic nitrogens is 8. The maximum atomic E-state index is 15.2. The monoisotopic (exact) mass is 1950 g/mol. The third-order valence-corrected chi connectivity index (χ3v) is 22.3. The molecule has 46 heteroatoms. The fourth-order valence-corrected chi connectivity index (χ4v) is 15.2. The fourth-order valence-electron chi connectivity index (χ4n) is 15.2. The number of aliphatic hydroxyl groups excluding tert-OH is 1. The molecule has 18 rings (SSSR count). The Hall–Kier alpha value is -15.6. The second-order valence-corrected chi connectivity index (χ2v) is 31.2. The summed E-state index contributed by atoms with van der Waals surface area (Å²) in [6.07, 6.45) is 20.1. The van der Waals surface area contributed by atoms with Crippen molar-refractivity contribution in [3.05, 3.63) is 230 Å². The van der Waals surface area contributed by atoms with Crippen LogP contribution in [0.1, 0.15) is 148 Å². The number of carbonyl (C=O) groups excluding carboxylic acids is 1. The van der Waals surface area contributed by atoms with E-state index in [9.17, 15) is 70.4 Å². The van der Waals surface area contributed by atoms with E-state index in [-0.39, 0.29) is 182 Å². The molecule has 0 aliphatic heterocycles. The predicted octanol–water partition coefficient (Wildman–Crippen LogP) is 9.45. The number of methoxy groups -OCH3 is 5. The SMILES string of the molecule is C.C.CO.COc1c(F)c(F)c(N)c2c(=O)c(C#N)cn(C3CC3)c12.COc1c(F)c(F)c(N)c2c(=O)c(C(=O)O)cn(C3CC3)c12.COc1c(F)c(F)c(N)c2c(=O)c(C(N)=O)cn(C3CC3)c12.COc1c(NCCNc2ccccn2)c(F)c(N)c2c(=O)c(C#N)cn(C3CC3)c12.COc1c(NCCNc2ccccn2)c(F)c(N)c2c(=O)c(C#N)cn(C3CC3)c12.NCCNc1ccccn1.[H-].[Na+]. The Morgan fingerprint density at radius 3 is 0.879 bits per heavy atom. The minimum atomic E-state index is -1.45. The van der Waals surface area contributed by atoms with Gasteiger partial charge in [0.05, 0.1) is 102 Å². The number of nitrogen functional groups attached to an aromatic ring is 5. The van der Waals surface area contributed by atoms with Gasteiger partial charge in [-0.15, -0.1) is 0 Å². The predicted molar refractivity (Wildman–Crippen MR) is 513 cm³/mol. The van der Waals surface area contributed by atoms with E-state index in [1.165, 1.54) is 55.3 Å². The zero-order valence-corrected chi connectivity index (χ0v) is 77.3. The standard InChI is InChI=1S/2C21H21FN6O2.C14H13F2N3O3.C14H11F2N3O2.C14H12F2N2O4.C7H11N3.CH4O.2CH4.Na.H/c2*1-30-21-18(27-9-8-26-14-4-2-3-7-25-14)16(22)17(24)15-19(21)28(13-5-6-13)11-12(10-23)20(15)29;1-22-13-9(16)8(15)10(17)7-11(13)19(5-2-3-5)4-6(12(7)20)14(18)21;1-21-14-10(16)9(15)11(18)8-12(14)19(7-2-3-7)5-6(4-17)13(8)20;1-22-13-9(16)8(15)10(17)7-11(13)18(5-2-3-5)4-6(12(7)19)14(20)21;8-4-6-10-7-3-1-2-5-9-7;1-2;;;;/h2*2-4,7,11,13,27H,5-6,8-9,24H2,1H3,(H,25,26);4-5H,2-3,17H2,1H3,(H2,18,21);5,7H,2-3,18H2,1H3;4-5H,2-3,17H2,1H3,(H,20,21);1-3,5H,4,6,8H2,(H,9,10);2H,1H3;2*1H4;;/q;;;;;;;;;+1;-1. The Kier molecular flexibility index (Phi) is 36.2. The van der Waals surface area contributed by atoms with Crippen LogP contribution in [-0.2, 0) is 0 Å². The Morgan fingerprint density at radius 1 is 0.393 bits per heavy atom. The minimum absolute atomic E-state index is 0. The number of fused-ring (bicyclic) bond motifs is 5. The topological polar surface area (TPSA) is 583 Å². The van der Waals surface area contributed by atoms with Crippen molar-refractivity contribution in [2.45, 2.75) is 109 Å². The number of primary amides is 1. The van der Waals surface area contributed by atoms with E-state index in [1.807, 2.05) is 66.7 Å². The van der Waals surface area contributed by atoms with Gasteiger partial charge in [0.2, 0.25) is 44.6 Å². The van der Waals surface area contributed by atoms with Crippen LogP contribution in [0.4, 0.5) is 92.4 Å². The molecule has 5 aliphatic rings. The molecule has 8 aromatic heterocycles. The number of pyridine rings is 8. The number of amides is 1. The molecule has 5 fully saturated rings. The molecule has 21 N–H and O–H groups in total. The number of ether oxygens (including phenoxy) is 5. The van der Waals surface area contributed by atoms with Crippen molar-refractivity contribution in [2.24, 2.45) is 11.5 Å². The van der Waals surface area contributed by atoms with Gasteiger partial charge in [-0.2, -0.15) is 29.0 Å². The first kappa shape index (κ1) is 108. The normalized spacial score (nSPS) is 12.9. The Morgan fingerprint density at radius 2 is 0.636 bits per heavy atom. The van der Waals surface area contributed by atoms with E-state index in [0.717, 1.165) is 104 Å². The third kappa shape index (κ3) is 22.1. The van der Waals surface area contributed by atoms with Crippen molar-refractivity contribution < 1.29 is 110 Å². The number of aromatic carboxylic acids is 1. The minimum Gasteiger partial charge on any atom is -1.00 e. The zero-order chi connectivity index (χ0) is 99.4. The van der Waals surface area contributed by atoms with Crippen LogP contribution in [0.2, 0.25) is 0 Å². The maximum absolute atomic E-state index is 15.2. The Balaban J connectivity index is 0.000000209.